The molecule has 0 fully saturated rings. The van der Waals surface area contributed by atoms with Crippen LogP contribution in [-0.2, 0) is 0 Å². The predicted molar refractivity (Wildman–Crippen MR) is 78.4 cm³/mol. The molecule has 0 radical (unpaired) electrons. The maximum atomic E-state index is 5.31. The second-order valence-corrected chi connectivity index (χ2v) is 5.68. The van der Waals surface area contributed by atoms with E-state index in [9.17, 15) is 0 Å². The van der Waals surface area contributed by atoms with Crippen LogP contribution in [0.25, 0.3) is 11.4 Å². The van der Waals surface area contributed by atoms with Gasteiger partial charge in [-0.3, -0.25) is 14.6 Å². The zero-order chi connectivity index (χ0) is 13.0. The summed E-state index contributed by atoms with van der Waals surface area (Å²) < 4.78 is 2.73. The van der Waals surface area contributed by atoms with Crippen molar-refractivity contribution in [1.82, 2.24) is 19.7 Å². The van der Waals surface area contributed by atoms with Crippen LogP contribution in [0.5, 0.6) is 0 Å². The second kappa shape index (κ2) is 6.15. The van der Waals surface area contributed by atoms with Gasteiger partial charge >= 0.3 is 0 Å². The van der Waals surface area contributed by atoms with Gasteiger partial charge in [0.15, 0.2) is 10.6 Å². The molecule has 0 aliphatic heterocycles. The fourth-order valence-corrected chi connectivity index (χ4v) is 2.81. The molecule has 2 aromatic heterocycles. The third kappa shape index (κ3) is 2.81. The van der Waals surface area contributed by atoms with Crippen LogP contribution in [-0.4, -0.2) is 31.3 Å². The number of rotatable bonds is 5. The first-order valence-corrected chi connectivity index (χ1v) is 7.45. The molecule has 0 spiro atoms. The number of aromatic nitrogens is 4. The Morgan fingerprint density at radius 2 is 2.39 bits per heavy atom. The molecule has 0 saturated carbocycles. The van der Waals surface area contributed by atoms with Crippen molar-refractivity contribution in [2.45, 2.75) is 19.9 Å². The lowest BCUT2D eigenvalue weighted by atomic mass is 10.2. The summed E-state index contributed by atoms with van der Waals surface area (Å²) in [6.07, 6.45) is 3.56. The van der Waals surface area contributed by atoms with Crippen LogP contribution in [0.4, 0.5) is 0 Å². The molecular weight excluding hydrogens is 264 g/mol. The molecule has 0 amide bonds. The summed E-state index contributed by atoms with van der Waals surface area (Å²) in [5.74, 6) is 2.99. The minimum absolute atomic E-state index is 0.316. The van der Waals surface area contributed by atoms with Gasteiger partial charge in [0.2, 0.25) is 0 Å². The summed E-state index contributed by atoms with van der Waals surface area (Å²) in [6.45, 7) is 4.32. The highest BCUT2D eigenvalue weighted by molar-refractivity contribution is 7.99. The molecule has 2 heterocycles. The van der Waals surface area contributed by atoms with Crippen LogP contribution in [0.2, 0.25) is 0 Å². The van der Waals surface area contributed by atoms with E-state index in [-0.39, 0.29) is 0 Å². The van der Waals surface area contributed by atoms with Crippen molar-refractivity contribution in [1.29, 1.82) is 0 Å². The first-order valence-electron chi connectivity index (χ1n) is 5.89. The maximum absolute atomic E-state index is 5.31. The predicted octanol–water partition coefficient (Wildman–Crippen LogP) is 3.32. The van der Waals surface area contributed by atoms with Gasteiger partial charge in [-0.1, -0.05) is 6.92 Å². The van der Waals surface area contributed by atoms with Gasteiger partial charge in [0, 0.05) is 29.8 Å². The molecule has 0 aliphatic rings. The zero-order valence-electron chi connectivity index (χ0n) is 10.5. The highest BCUT2D eigenvalue weighted by atomic mass is 32.2. The summed E-state index contributed by atoms with van der Waals surface area (Å²) in [6, 6.07) is 4.22. The van der Waals surface area contributed by atoms with Crippen LogP contribution in [0.3, 0.4) is 0 Å². The van der Waals surface area contributed by atoms with Crippen LogP contribution in [0.1, 0.15) is 19.9 Å². The van der Waals surface area contributed by atoms with Crippen LogP contribution in [0.15, 0.2) is 24.5 Å². The highest BCUT2D eigenvalue weighted by Gasteiger charge is 2.14. The molecule has 0 aliphatic carbocycles. The van der Waals surface area contributed by atoms with E-state index in [0.29, 0.717) is 10.8 Å². The number of hydrogen-bond donors (Lipinski definition) is 1. The molecule has 1 atom stereocenters. The van der Waals surface area contributed by atoms with Gasteiger partial charge in [0.25, 0.3) is 0 Å². The third-order valence-electron chi connectivity index (χ3n) is 2.63. The summed E-state index contributed by atoms with van der Waals surface area (Å²) in [4.78, 5) is 4.13. The summed E-state index contributed by atoms with van der Waals surface area (Å²) in [5.41, 5.74) is 0.984. The lowest BCUT2D eigenvalue weighted by Gasteiger charge is -2.14. The van der Waals surface area contributed by atoms with E-state index in [4.69, 9.17) is 12.2 Å². The summed E-state index contributed by atoms with van der Waals surface area (Å²) in [5, 5.41) is 7.18. The topological polar surface area (TPSA) is 46.5 Å². The smallest absolute Gasteiger partial charge is 0.195 e. The van der Waals surface area contributed by atoms with Crippen molar-refractivity contribution in [3.05, 3.63) is 29.3 Å². The normalized spacial score (nSPS) is 12.6. The molecule has 0 bridgehead atoms. The summed E-state index contributed by atoms with van der Waals surface area (Å²) >= 11 is 7.22. The van der Waals surface area contributed by atoms with E-state index < -0.39 is 0 Å². The molecule has 1 unspecified atom stereocenters. The molecule has 0 aromatic carbocycles. The van der Waals surface area contributed by atoms with Gasteiger partial charge in [-0.05, 0) is 37.0 Å². The first kappa shape index (κ1) is 13.3. The maximum Gasteiger partial charge on any atom is 0.195 e. The fourth-order valence-electron chi connectivity index (χ4n) is 1.78. The van der Waals surface area contributed by atoms with Crippen molar-refractivity contribution >= 4 is 24.0 Å². The average molecular weight is 280 g/mol. The third-order valence-corrected chi connectivity index (χ3v) is 4.04. The van der Waals surface area contributed by atoms with Gasteiger partial charge in [0.1, 0.15) is 0 Å². The SMILES string of the molecule is CCSCC(C)n1c(-c2cccnc2)n[nH]c1=S. The Bertz CT molecular complexity index is 547. The Morgan fingerprint density at radius 1 is 1.56 bits per heavy atom. The minimum Gasteiger partial charge on any atom is -0.296 e. The Kier molecular flexibility index (Phi) is 4.54. The number of hydrogen-bond acceptors (Lipinski definition) is 4. The van der Waals surface area contributed by atoms with E-state index in [1.54, 1.807) is 12.4 Å². The Hall–Kier alpha value is -1.14. The number of thioether (sulfide) groups is 1. The van der Waals surface area contributed by atoms with Gasteiger partial charge in [0.05, 0.1) is 0 Å². The molecule has 6 heteroatoms. The molecule has 2 aromatic rings. The monoisotopic (exact) mass is 280 g/mol. The van der Waals surface area contributed by atoms with Crippen LogP contribution < -0.4 is 0 Å². The first-order chi connectivity index (χ1) is 8.74. The van der Waals surface area contributed by atoms with Gasteiger partial charge in [-0.2, -0.15) is 16.9 Å². The van der Waals surface area contributed by atoms with Crippen molar-refractivity contribution in [3.8, 4) is 11.4 Å². The number of nitrogens with zero attached hydrogens (tertiary/aromatic N) is 3. The lowest BCUT2D eigenvalue weighted by molar-refractivity contribution is 0.606. The minimum atomic E-state index is 0.316. The molecule has 4 nitrogen and oxygen atoms in total. The number of pyridine rings is 1. The quantitative estimate of drug-likeness (QED) is 0.854. The summed E-state index contributed by atoms with van der Waals surface area (Å²) in [7, 11) is 0. The van der Waals surface area contributed by atoms with Crippen molar-refractivity contribution in [2.24, 2.45) is 0 Å². The number of aromatic amines is 1. The fraction of sp³-hybridized carbons (Fsp3) is 0.417. The van der Waals surface area contributed by atoms with Crippen LogP contribution >= 0.6 is 24.0 Å². The van der Waals surface area contributed by atoms with Gasteiger partial charge in [-0.15, -0.1) is 0 Å². The van der Waals surface area contributed by atoms with Crippen molar-refractivity contribution < 1.29 is 0 Å². The molecular formula is C12H16N4S2. The Morgan fingerprint density at radius 3 is 3.06 bits per heavy atom. The largest absolute Gasteiger partial charge is 0.296 e. The molecule has 2 rings (SSSR count). The zero-order valence-corrected chi connectivity index (χ0v) is 12.1. The highest BCUT2D eigenvalue weighted by Crippen LogP contribution is 2.22. The lowest BCUT2D eigenvalue weighted by Crippen LogP contribution is -2.10. The Labute approximate surface area is 116 Å². The standard InChI is InChI=1S/C12H16N4S2/c1-3-18-8-9(2)16-11(14-15-12(16)17)10-5-4-6-13-7-10/h4-7,9H,3,8H2,1-2H3,(H,15,17). The second-order valence-electron chi connectivity index (χ2n) is 3.97. The molecule has 96 valence electrons. The molecule has 0 saturated heterocycles. The Balaban J connectivity index is 2.36. The van der Waals surface area contributed by atoms with Crippen molar-refractivity contribution in [3.63, 3.8) is 0 Å². The van der Waals surface area contributed by atoms with Gasteiger partial charge in [-0.25, -0.2) is 0 Å². The van der Waals surface area contributed by atoms with E-state index in [1.165, 1.54) is 0 Å². The van der Waals surface area contributed by atoms with Crippen molar-refractivity contribution in [2.75, 3.05) is 11.5 Å². The molecule has 18 heavy (non-hydrogen) atoms. The van der Waals surface area contributed by atoms with Gasteiger partial charge < -0.3 is 0 Å². The molecule has 1 N–H and O–H groups in total. The van der Waals surface area contributed by atoms with E-state index >= 15 is 0 Å². The van der Waals surface area contributed by atoms with E-state index in [1.807, 2.05) is 23.9 Å². The van der Waals surface area contributed by atoms with E-state index in [0.717, 1.165) is 22.9 Å². The van der Waals surface area contributed by atoms with Crippen LogP contribution in [0, 0.1) is 4.77 Å². The average Bonchev–Trinajstić information content (AvgIpc) is 2.79. The van der Waals surface area contributed by atoms with E-state index in [2.05, 4.69) is 33.6 Å². The number of nitrogens with one attached hydrogen (secondary N) is 1. The number of H-pyrrole nitrogens is 1.